The average Bonchev–Trinajstić information content (AvgIpc) is 3.42. The zero-order valence-electron chi connectivity index (χ0n) is 20.6. The van der Waals surface area contributed by atoms with Gasteiger partial charge in [-0.2, -0.15) is 0 Å². The van der Waals surface area contributed by atoms with Gasteiger partial charge in [0.2, 0.25) is 17.7 Å². The number of amides is 3. The molecule has 2 bridgehead atoms. The Hall–Kier alpha value is -1.97. The van der Waals surface area contributed by atoms with E-state index < -0.39 is 35.6 Å². The predicted octanol–water partition coefficient (Wildman–Crippen LogP) is 1.98. The highest BCUT2D eigenvalue weighted by molar-refractivity contribution is 9.09. The van der Waals surface area contributed by atoms with Crippen molar-refractivity contribution in [3.05, 3.63) is 35.9 Å². The molecule has 7 atom stereocenters. The maximum atomic E-state index is 14.0. The molecule has 1 spiro atoms. The largest absolute Gasteiger partial charge is 0.394 e. The molecule has 3 saturated heterocycles. The van der Waals surface area contributed by atoms with E-state index in [9.17, 15) is 19.5 Å². The van der Waals surface area contributed by atoms with Crippen LogP contribution in [0.1, 0.15) is 45.6 Å². The number of hydrogen-bond donors (Lipinski definition) is 3. The second-order valence-corrected chi connectivity index (χ2v) is 11.4. The minimum atomic E-state index is -1.11. The van der Waals surface area contributed by atoms with Gasteiger partial charge in [-0.1, -0.05) is 73.5 Å². The number of halogens is 1. The summed E-state index contributed by atoms with van der Waals surface area (Å²) in [5.41, 5.74) is -0.147. The van der Waals surface area contributed by atoms with Crippen LogP contribution in [-0.4, -0.2) is 69.5 Å². The van der Waals surface area contributed by atoms with Gasteiger partial charge >= 0.3 is 0 Å². The maximum Gasteiger partial charge on any atom is 0.245 e. The molecule has 3 aliphatic rings. The molecule has 4 rings (SSSR count). The molecule has 0 saturated carbocycles. The smallest absolute Gasteiger partial charge is 0.245 e. The molecule has 1 aromatic rings. The molecule has 9 heteroatoms. The highest BCUT2D eigenvalue weighted by Crippen LogP contribution is 2.60. The number of nitrogens with zero attached hydrogens (tertiary/aromatic N) is 1. The third kappa shape index (κ3) is 4.51. The SMILES string of the molecule is CCCCNC(=O)C1N([C@@H](CO)C(C)C)C(=O)[C@@H]2[C@@H](C(=O)NCc3ccccc3)[C@@H]3OC12CC3Br. The number of unbranched alkanes of at least 4 members (excludes halogenated alkanes) is 1. The first-order valence-electron chi connectivity index (χ1n) is 12.6. The summed E-state index contributed by atoms with van der Waals surface area (Å²) in [6, 6.07) is 8.15. The Kier molecular flexibility index (Phi) is 7.88. The first kappa shape index (κ1) is 26.1. The van der Waals surface area contributed by atoms with E-state index in [0.29, 0.717) is 19.5 Å². The van der Waals surface area contributed by atoms with Gasteiger partial charge in [-0.3, -0.25) is 14.4 Å². The van der Waals surface area contributed by atoms with Gasteiger partial charge in [-0.15, -0.1) is 0 Å². The Labute approximate surface area is 215 Å². The number of hydrogen-bond acceptors (Lipinski definition) is 5. The van der Waals surface area contributed by atoms with Crippen LogP contribution < -0.4 is 10.6 Å². The third-order valence-electron chi connectivity index (χ3n) is 7.73. The summed E-state index contributed by atoms with van der Waals surface area (Å²) >= 11 is 3.68. The topological polar surface area (TPSA) is 108 Å². The lowest BCUT2D eigenvalue weighted by Gasteiger charge is -2.38. The number of fused-ring (bicyclic) bond motifs is 1. The van der Waals surface area contributed by atoms with Crippen molar-refractivity contribution < 1.29 is 24.2 Å². The van der Waals surface area contributed by atoms with Crippen LogP contribution in [0.25, 0.3) is 0 Å². The number of alkyl halides is 1. The van der Waals surface area contributed by atoms with Gasteiger partial charge < -0.3 is 25.4 Å². The predicted molar refractivity (Wildman–Crippen MR) is 134 cm³/mol. The number of carbonyl (C=O) groups excluding carboxylic acids is 3. The summed E-state index contributed by atoms with van der Waals surface area (Å²) < 4.78 is 6.48. The molecule has 192 valence electrons. The maximum absolute atomic E-state index is 14.0. The Bertz CT molecular complexity index is 944. The molecule has 3 N–H and O–H groups in total. The molecule has 3 fully saturated rings. The molecule has 3 aliphatic heterocycles. The molecule has 3 unspecified atom stereocenters. The van der Waals surface area contributed by atoms with Crippen molar-refractivity contribution in [2.24, 2.45) is 17.8 Å². The standard InChI is InChI=1S/C26H36BrN3O5/c1-4-5-11-28-24(33)22-26-12-17(27)21(35-26)19(23(32)29-13-16-9-7-6-8-10-16)20(26)25(34)30(22)18(14-31)15(2)3/h6-10,15,17-22,31H,4-5,11-14H2,1-3H3,(H,28,33)(H,29,32)/t17?,18-,19+,20-,21+,22?,26?/m0/s1. The molecule has 0 aromatic heterocycles. The summed E-state index contributed by atoms with van der Waals surface area (Å²) in [6.07, 6.45) is 1.71. The van der Waals surface area contributed by atoms with E-state index in [2.05, 4.69) is 26.6 Å². The van der Waals surface area contributed by atoms with Crippen molar-refractivity contribution in [1.82, 2.24) is 15.5 Å². The number of aliphatic hydroxyl groups excluding tert-OH is 1. The summed E-state index contributed by atoms with van der Waals surface area (Å²) in [7, 11) is 0. The van der Waals surface area contributed by atoms with Gasteiger partial charge in [-0.25, -0.2) is 0 Å². The summed E-state index contributed by atoms with van der Waals surface area (Å²) in [5, 5.41) is 16.2. The van der Waals surface area contributed by atoms with Crippen LogP contribution in [0.5, 0.6) is 0 Å². The summed E-state index contributed by atoms with van der Waals surface area (Å²) in [6.45, 7) is 6.46. The fraction of sp³-hybridized carbons (Fsp3) is 0.654. The monoisotopic (exact) mass is 549 g/mol. The number of benzene rings is 1. The van der Waals surface area contributed by atoms with E-state index in [1.807, 2.05) is 51.1 Å². The second-order valence-electron chi connectivity index (χ2n) is 10.3. The number of nitrogens with one attached hydrogen (secondary N) is 2. The van der Waals surface area contributed by atoms with E-state index in [1.54, 1.807) is 0 Å². The van der Waals surface area contributed by atoms with Gasteiger partial charge in [-0.05, 0) is 24.3 Å². The van der Waals surface area contributed by atoms with Crippen molar-refractivity contribution in [3.63, 3.8) is 0 Å². The number of carbonyl (C=O) groups is 3. The van der Waals surface area contributed by atoms with Crippen LogP contribution in [0.2, 0.25) is 0 Å². The lowest BCUT2D eigenvalue weighted by atomic mass is 9.70. The average molecular weight is 550 g/mol. The first-order chi connectivity index (χ1) is 16.8. The number of aliphatic hydroxyl groups is 1. The summed E-state index contributed by atoms with van der Waals surface area (Å²) in [4.78, 5) is 42.4. The first-order valence-corrected chi connectivity index (χ1v) is 13.5. The highest BCUT2D eigenvalue weighted by Gasteiger charge is 2.77. The van der Waals surface area contributed by atoms with Crippen molar-refractivity contribution in [2.75, 3.05) is 13.2 Å². The van der Waals surface area contributed by atoms with Crippen molar-refractivity contribution in [1.29, 1.82) is 0 Å². The van der Waals surface area contributed by atoms with Crippen LogP contribution in [-0.2, 0) is 25.7 Å². The minimum Gasteiger partial charge on any atom is -0.394 e. The molecule has 0 aliphatic carbocycles. The molecule has 3 amide bonds. The van der Waals surface area contributed by atoms with E-state index in [-0.39, 0.29) is 35.1 Å². The van der Waals surface area contributed by atoms with E-state index >= 15 is 0 Å². The minimum absolute atomic E-state index is 0.0764. The molecule has 3 heterocycles. The second kappa shape index (κ2) is 10.6. The van der Waals surface area contributed by atoms with Gasteiger partial charge in [0.25, 0.3) is 0 Å². The lowest BCUT2D eigenvalue weighted by Crippen LogP contribution is -2.59. The van der Waals surface area contributed by atoms with Crippen LogP contribution in [0, 0.1) is 17.8 Å². The van der Waals surface area contributed by atoms with E-state index in [1.165, 1.54) is 4.90 Å². The Morgan fingerprint density at radius 2 is 1.94 bits per heavy atom. The third-order valence-corrected chi connectivity index (χ3v) is 8.58. The number of likely N-dealkylation sites (tertiary alicyclic amines) is 1. The molecule has 0 radical (unpaired) electrons. The Morgan fingerprint density at radius 3 is 2.57 bits per heavy atom. The van der Waals surface area contributed by atoms with Gasteiger partial charge in [0.1, 0.15) is 11.6 Å². The van der Waals surface area contributed by atoms with E-state index in [4.69, 9.17) is 4.74 Å². The fourth-order valence-electron chi connectivity index (χ4n) is 6.03. The van der Waals surface area contributed by atoms with Crippen molar-refractivity contribution in [2.45, 2.75) is 75.2 Å². The fourth-order valence-corrected chi connectivity index (χ4v) is 6.97. The van der Waals surface area contributed by atoms with Gasteiger partial charge in [0.15, 0.2) is 0 Å². The quantitative estimate of drug-likeness (QED) is 0.305. The Morgan fingerprint density at radius 1 is 1.23 bits per heavy atom. The molecular formula is C26H36BrN3O5. The van der Waals surface area contributed by atoms with Crippen LogP contribution in [0.3, 0.4) is 0 Å². The zero-order chi connectivity index (χ0) is 25.3. The van der Waals surface area contributed by atoms with Crippen LogP contribution in [0.15, 0.2) is 30.3 Å². The summed E-state index contributed by atoms with van der Waals surface area (Å²) in [5.74, 6) is -2.37. The van der Waals surface area contributed by atoms with Gasteiger partial charge in [0, 0.05) is 17.9 Å². The lowest BCUT2D eigenvalue weighted by molar-refractivity contribution is -0.146. The molecule has 35 heavy (non-hydrogen) atoms. The molecule has 1 aromatic carbocycles. The highest BCUT2D eigenvalue weighted by atomic mass is 79.9. The van der Waals surface area contributed by atoms with Gasteiger partial charge in [0.05, 0.1) is 30.6 Å². The number of rotatable bonds is 10. The van der Waals surface area contributed by atoms with Crippen LogP contribution >= 0.6 is 15.9 Å². The molecular weight excluding hydrogens is 514 g/mol. The molecule has 8 nitrogen and oxygen atoms in total. The number of ether oxygens (including phenoxy) is 1. The van der Waals surface area contributed by atoms with Crippen molar-refractivity contribution >= 4 is 33.7 Å². The van der Waals surface area contributed by atoms with E-state index in [0.717, 1.165) is 18.4 Å². The van der Waals surface area contributed by atoms with Crippen LogP contribution in [0.4, 0.5) is 0 Å². The Balaban J connectivity index is 1.66. The normalized spacial score (nSPS) is 32.1. The zero-order valence-corrected chi connectivity index (χ0v) is 22.2. The van der Waals surface area contributed by atoms with Crippen molar-refractivity contribution in [3.8, 4) is 0 Å².